The Morgan fingerprint density at radius 2 is 1.80 bits per heavy atom. The third kappa shape index (κ3) is 5.33. The first kappa shape index (κ1) is 31.0. The van der Waals surface area contributed by atoms with E-state index in [1.54, 1.807) is 16.8 Å². The summed E-state index contributed by atoms with van der Waals surface area (Å²) in [5.41, 5.74) is -0.183. The Balaban J connectivity index is 1.35. The lowest BCUT2D eigenvalue weighted by Gasteiger charge is -2.48. The highest BCUT2D eigenvalue weighted by Crippen LogP contribution is 2.51. The number of carbonyl (C=O) groups excluding carboxylic acids is 3. The smallest absolute Gasteiger partial charge is 0.411 e. The molecule has 1 aromatic carbocycles. The summed E-state index contributed by atoms with van der Waals surface area (Å²) in [5.74, 6) is 0.114. The fourth-order valence-corrected chi connectivity index (χ4v) is 7.18. The van der Waals surface area contributed by atoms with Gasteiger partial charge < -0.3 is 29.7 Å². The Morgan fingerprint density at radius 1 is 1.04 bits per heavy atom. The first-order valence-corrected chi connectivity index (χ1v) is 15.7. The quantitative estimate of drug-likeness (QED) is 0.469. The molecular formula is C32H39F3N6O4. The third-order valence-corrected chi connectivity index (χ3v) is 9.80. The van der Waals surface area contributed by atoms with Crippen molar-refractivity contribution < 1.29 is 32.3 Å². The lowest BCUT2D eigenvalue weighted by molar-refractivity contribution is -0.245. The minimum absolute atomic E-state index is 0.0312. The molecule has 2 aromatic rings. The van der Waals surface area contributed by atoms with Crippen molar-refractivity contribution in [3.63, 3.8) is 0 Å². The predicted octanol–water partition coefficient (Wildman–Crippen LogP) is 4.30. The zero-order valence-corrected chi connectivity index (χ0v) is 25.8. The number of hydrogen-bond donors (Lipinski definition) is 1. The Labute approximate surface area is 260 Å². The highest BCUT2D eigenvalue weighted by molar-refractivity contribution is 5.99. The number of aromatic nitrogens is 1. The molecule has 1 N–H and O–H groups in total. The maximum absolute atomic E-state index is 14.2. The van der Waals surface area contributed by atoms with E-state index in [-0.39, 0.29) is 62.6 Å². The lowest BCUT2D eigenvalue weighted by Crippen LogP contribution is -2.64. The lowest BCUT2D eigenvalue weighted by atomic mass is 9.74. The molecule has 4 amide bonds. The minimum atomic E-state index is -4.50. The monoisotopic (exact) mass is 628 g/mol. The van der Waals surface area contributed by atoms with Gasteiger partial charge in [0.25, 0.3) is 5.91 Å². The average Bonchev–Trinajstić information content (AvgIpc) is 3.47. The molecular weight excluding hydrogens is 589 g/mol. The second kappa shape index (κ2) is 11.7. The number of nitrogens with zero attached hydrogens (tertiary/aromatic N) is 5. The summed E-state index contributed by atoms with van der Waals surface area (Å²) in [6, 6.07) is 9.37. The molecule has 4 aliphatic rings. The molecule has 1 saturated carbocycles. The number of piperazine rings is 1. The first-order valence-electron chi connectivity index (χ1n) is 15.7. The van der Waals surface area contributed by atoms with Gasteiger partial charge in [0, 0.05) is 51.3 Å². The van der Waals surface area contributed by atoms with Gasteiger partial charge >= 0.3 is 12.2 Å². The van der Waals surface area contributed by atoms with E-state index in [2.05, 4.69) is 5.32 Å². The molecule has 3 aliphatic heterocycles. The van der Waals surface area contributed by atoms with Crippen molar-refractivity contribution in [1.82, 2.24) is 25.0 Å². The van der Waals surface area contributed by atoms with Crippen LogP contribution in [0.3, 0.4) is 0 Å². The number of likely N-dealkylation sites (N-methyl/N-ethyl adjacent to an activating group) is 1. The number of amides is 4. The van der Waals surface area contributed by atoms with Gasteiger partial charge in [-0.15, -0.1) is 0 Å². The van der Waals surface area contributed by atoms with E-state index in [9.17, 15) is 27.6 Å². The van der Waals surface area contributed by atoms with Gasteiger partial charge in [0.05, 0.1) is 30.1 Å². The van der Waals surface area contributed by atoms with Gasteiger partial charge in [-0.05, 0) is 56.9 Å². The predicted molar refractivity (Wildman–Crippen MR) is 161 cm³/mol. The minimum Gasteiger partial charge on any atom is -0.493 e. The van der Waals surface area contributed by atoms with E-state index in [4.69, 9.17) is 9.72 Å². The van der Waals surface area contributed by atoms with Crippen molar-refractivity contribution >= 4 is 23.5 Å². The van der Waals surface area contributed by atoms with Crippen LogP contribution in [0.2, 0.25) is 0 Å². The van der Waals surface area contributed by atoms with Crippen LogP contribution < -0.4 is 15.0 Å². The van der Waals surface area contributed by atoms with Crippen molar-refractivity contribution in [2.75, 3.05) is 44.7 Å². The van der Waals surface area contributed by atoms with Crippen LogP contribution in [0.4, 0.5) is 23.7 Å². The van der Waals surface area contributed by atoms with Crippen LogP contribution in [0.1, 0.15) is 56.4 Å². The molecule has 1 aromatic heterocycles. The van der Waals surface area contributed by atoms with E-state index in [0.29, 0.717) is 48.7 Å². The number of ether oxygens (including phenoxy) is 1. The maximum Gasteiger partial charge on any atom is 0.411 e. The van der Waals surface area contributed by atoms with Gasteiger partial charge in [0.1, 0.15) is 11.3 Å². The fourth-order valence-electron chi connectivity index (χ4n) is 7.18. The summed E-state index contributed by atoms with van der Waals surface area (Å²) < 4.78 is 48.6. The summed E-state index contributed by atoms with van der Waals surface area (Å²) in [5, 5.41) is 2.98. The summed E-state index contributed by atoms with van der Waals surface area (Å²) in [6.45, 7) is 5.13. The normalized spacial score (nSPS) is 24.5. The van der Waals surface area contributed by atoms with Crippen molar-refractivity contribution in [1.29, 1.82) is 0 Å². The number of pyridine rings is 1. The Morgan fingerprint density at radius 3 is 2.42 bits per heavy atom. The number of hydrogen-bond acceptors (Lipinski definition) is 6. The highest BCUT2D eigenvalue weighted by atomic mass is 19.4. The van der Waals surface area contributed by atoms with E-state index in [1.165, 1.54) is 0 Å². The van der Waals surface area contributed by atoms with Gasteiger partial charge in [-0.3, -0.25) is 9.59 Å². The van der Waals surface area contributed by atoms with Gasteiger partial charge in [0.2, 0.25) is 5.91 Å². The Kier molecular flexibility index (Phi) is 8.07. The summed E-state index contributed by atoms with van der Waals surface area (Å²) >= 11 is 0. The van der Waals surface area contributed by atoms with Crippen molar-refractivity contribution in [3.8, 4) is 17.0 Å². The number of carbonyl (C=O) groups is 3. The number of likely N-dealkylation sites (tertiary alicyclic amines) is 1. The second-order valence-corrected chi connectivity index (χ2v) is 12.4. The van der Waals surface area contributed by atoms with E-state index < -0.39 is 29.7 Å². The number of para-hydroxylation sites is 1. The standard InChI is InChI=1S/C32H39F3N6O4/c1-4-21-17-40-22(19-41(30(40)44)31(13-8-14-31)32(33,34)35)18-39(21)25-12-11-24(23-9-6-7-10-26(23)45-5-2)37-28(25)29(43)36-20-15-27(42)38(3)16-20/h6-7,9-12,20-22H,4-5,8,13-19H2,1-3H3,(H,36,43)/t20-,21-,22+/m1/s1. The molecule has 3 atom stereocenters. The molecule has 13 heteroatoms. The number of fused-ring (bicyclic) bond motifs is 1. The van der Waals surface area contributed by atoms with Gasteiger partial charge in [-0.2, -0.15) is 13.2 Å². The van der Waals surface area contributed by atoms with Crippen LogP contribution in [-0.2, 0) is 4.79 Å². The van der Waals surface area contributed by atoms with E-state index in [1.807, 2.05) is 55.1 Å². The van der Waals surface area contributed by atoms with E-state index >= 15 is 0 Å². The molecule has 4 heterocycles. The molecule has 10 nitrogen and oxygen atoms in total. The molecule has 45 heavy (non-hydrogen) atoms. The molecule has 1 aliphatic carbocycles. The van der Waals surface area contributed by atoms with Crippen LogP contribution in [0.15, 0.2) is 36.4 Å². The number of halogens is 3. The zero-order chi connectivity index (χ0) is 32.1. The van der Waals surface area contributed by atoms with Crippen LogP contribution in [0.5, 0.6) is 5.75 Å². The maximum atomic E-state index is 14.2. The Hall–Kier alpha value is -4.03. The molecule has 0 spiro atoms. The van der Waals surface area contributed by atoms with Crippen LogP contribution in [0, 0.1) is 0 Å². The van der Waals surface area contributed by atoms with Gasteiger partial charge in [-0.1, -0.05) is 19.1 Å². The van der Waals surface area contributed by atoms with Crippen molar-refractivity contribution in [2.24, 2.45) is 0 Å². The van der Waals surface area contributed by atoms with Gasteiger partial charge in [0.15, 0.2) is 5.69 Å². The molecule has 0 unspecified atom stereocenters. The molecule has 0 bridgehead atoms. The summed E-state index contributed by atoms with van der Waals surface area (Å²) in [4.78, 5) is 50.6. The number of anilines is 1. The van der Waals surface area contributed by atoms with Crippen molar-refractivity contribution in [2.45, 2.75) is 75.8 Å². The van der Waals surface area contributed by atoms with Gasteiger partial charge in [-0.25, -0.2) is 9.78 Å². The topological polar surface area (TPSA) is 98.3 Å². The van der Waals surface area contributed by atoms with Crippen LogP contribution in [0.25, 0.3) is 11.3 Å². The summed E-state index contributed by atoms with van der Waals surface area (Å²) in [7, 11) is 1.69. The molecule has 3 saturated heterocycles. The molecule has 242 valence electrons. The van der Waals surface area contributed by atoms with Crippen LogP contribution in [-0.4, -0.2) is 107 Å². The molecule has 0 radical (unpaired) electrons. The van der Waals surface area contributed by atoms with Crippen LogP contribution >= 0.6 is 0 Å². The molecule has 4 fully saturated rings. The Bertz CT molecular complexity index is 1480. The number of urea groups is 1. The highest BCUT2D eigenvalue weighted by Gasteiger charge is 2.66. The average molecular weight is 629 g/mol. The van der Waals surface area contributed by atoms with Crippen molar-refractivity contribution in [3.05, 3.63) is 42.1 Å². The number of benzene rings is 1. The number of alkyl halides is 3. The first-order chi connectivity index (χ1) is 21.5. The second-order valence-electron chi connectivity index (χ2n) is 12.4. The SMILES string of the molecule is CCOc1ccccc1-c1ccc(N2C[C@H]3CN(C4(C(F)(F)F)CCC4)C(=O)N3C[C@H]2CC)c(C(=O)N[C@@H]2CC(=O)N(C)C2)n1. The summed E-state index contributed by atoms with van der Waals surface area (Å²) in [6.07, 6.45) is -3.45. The molecule has 6 rings (SSSR count). The number of rotatable bonds is 8. The zero-order valence-electron chi connectivity index (χ0n) is 25.8. The number of nitrogens with one attached hydrogen (secondary N) is 1. The van der Waals surface area contributed by atoms with E-state index in [0.717, 1.165) is 4.90 Å². The third-order valence-electron chi connectivity index (χ3n) is 9.80. The fraction of sp³-hybridized carbons (Fsp3) is 0.562. The largest absolute Gasteiger partial charge is 0.493 e.